The molecule has 7 heteroatoms. The summed E-state index contributed by atoms with van der Waals surface area (Å²) in [6.07, 6.45) is 15.1. The lowest BCUT2D eigenvalue weighted by molar-refractivity contribution is 0.0355. The van der Waals surface area contributed by atoms with Crippen molar-refractivity contribution in [3.8, 4) is 0 Å². The molecular weight excluding hydrogens is 474 g/mol. The zero-order valence-electron chi connectivity index (χ0n) is 22.4. The van der Waals surface area contributed by atoms with Crippen molar-refractivity contribution in [2.45, 2.75) is 89.7 Å². The number of benzene rings is 2. The Morgan fingerprint density at radius 3 is 1.50 bits per heavy atom. The Hall–Kier alpha value is -1.77. The molecule has 0 aromatic heterocycles. The number of hydrogen-bond donors (Lipinski definition) is 2. The van der Waals surface area contributed by atoms with Crippen LogP contribution in [0.5, 0.6) is 0 Å². The maximum atomic E-state index is 8.74. The van der Waals surface area contributed by atoms with Crippen molar-refractivity contribution >= 4 is 10.4 Å². The molecule has 0 saturated heterocycles. The van der Waals surface area contributed by atoms with Crippen molar-refractivity contribution in [1.82, 2.24) is 4.90 Å². The molecule has 0 amide bonds. The molecule has 6 nitrogen and oxygen atoms in total. The van der Waals surface area contributed by atoms with Gasteiger partial charge in [-0.3, -0.25) is 9.11 Å². The first-order valence-corrected chi connectivity index (χ1v) is 14.7. The molecule has 2 N–H and O–H groups in total. The molecule has 0 fully saturated rings. The molecule has 0 heterocycles. The lowest BCUT2D eigenvalue weighted by atomic mass is 10.0. The molecule has 1 unspecified atom stereocenters. The van der Waals surface area contributed by atoms with E-state index in [4.69, 9.17) is 22.3 Å². The summed E-state index contributed by atoms with van der Waals surface area (Å²) in [5.74, 6) is 0. The van der Waals surface area contributed by atoms with Gasteiger partial charge in [0.05, 0.1) is 6.61 Å². The van der Waals surface area contributed by atoms with E-state index in [-0.39, 0.29) is 6.10 Å². The van der Waals surface area contributed by atoms with Crippen LogP contribution in [0.3, 0.4) is 0 Å². The van der Waals surface area contributed by atoms with Crippen LogP contribution in [0.1, 0.15) is 94.8 Å². The molecule has 0 saturated carbocycles. The van der Waals surface area contributed by atoms with E-state index in [1.165, 1.54) is 81.8 Å². The minimum Gasteiger partial charge on any atom is -0.367 e. The van der Waals surface area contributed by atoms with Crippen LogP contribution in [0, 0.1) is 0 Å². The van der Waals surface area contributed by atoms with Crippen molar-refractivity contribution in [1.29, 1.82) is 0 Å². The highest BCUT2D eigenvalue weighted by Gasteiger charge is 2.18. The third-order valence-electron chi connectivity index (χ3n) is 6.28. The second-order valence-electron chi connectivity index (χ2n) is 9.57. The van der Waals surface area contributed by atoms with Gasteiger partial charge in [-0.2, -0.15) is 8.42 Å². The lowest BCUT2D eigenvalue weighted by Gasteiger charge is -2.27. The summed E-state index contributed by atoms with van der Waals surface area (Å²) in [4.78, 5) is 2.33. The van der Waals surface area contributed by atoms with Crippen molar-refractivity contribution in [3.05, 3.63) is 71.8 Å². The first-order valence-electron chi connectivity index (χ1n) is 13.3. The van der Waals surface area contributed by atoms with Crippen LogP contribution in [0.25, 0.3) is 0 Å². The predicted molar refractivity (Wildman–Crippen MR) is 149 cm³/mol. The third kappa shape index (κ3) is 16.8. The van der Waals surface area contributed by atoms with Crippen LogP contribution in [0.4, 0.5) is 0 Å². The van der Waals surface area contributed by atoms with Crippen LogP contribution >= 0.6 is 0 Å². The summed E-state index contributed by atoms with van der Waals surface area (Å²) in [7, 11) is -0.297. The van der Waals surface area contributed by atoms with E-state index in [1.807, 2.05) is 0 Å². The predicted octanol–water partition coefficient (Wildman–Crippen LogP) is 7.38. The van der Waals surface area contributed by atoms with E-state index >= 15 is 0 Å². The van der Waals surface area contributed by atoms with Gasteiger partial charge in [0, 0.05) is 6.04 Å². The highest BCUT2D eigenvalue weighted by atomic mass is 32.3. The molecule has 204 valence electrons. The summed E-state index contributed by atoms with van der Waals surface area (Å²) in [5.41, 5.74) is 2.45. The maximum absolute atomic E-state index is 8.74. The fourth-order valence-corrected chi connectivity index (χ4v) is 4.21. The fourth-order valence-electron chi connectivity index (χ4n) is 4.21. The van der Waals surface area contributed by atoms with Gasteiger partial charge in [-0.25, -0.2) is 0 Å². The minimum absolute atomic E-state index is 0.00226. The van der Waals surface area contributed by atoms with Crippen molar-refractivity contribution < 1.29 is 22.3 Å². The van der Waals surface area contributed by atoms with Crippen LogP contribution in [-0.4, -0.2) is 49.2 Å². The Morgan fingerprint density at radius 2 is 1.11 bits per heavy atom. The first kappa shape index (κ1) is 32.3. The molecule has 0 bridgehead atoms. The highest BCUT2D eigenvalue weighted by molar-refractivity contribution is 7.79. The molecule has 0 aliphatic heterocycles. The Balaban J connectivity index is 0.00000118. The molecular formula is C29H47NO5S. The normalized spacial score (nSPS) is 12.4. The zero-order valence-corrected chi connectivity index (χ0v) is 23.2. The van der Waals surface area contributed by atoms with E-state index < -0.39 is 10.4 Å². The minimum atomic E-state index is -4.67. The molecule has 2 rings (SSSR count). The van der Waals surface area contributed by atoms with Crippen molar-refractivity contribution in [3.63, 3.8) is 0 Å². The first-order chi connectivity index (χ1) is 17.2. The monoisotopic (exact) mass is 521 g/mol. The SMILES string of the molecule is CCCCCCCCCCCCC(COC(c1ccccc1)c1ccccc1)N(C)C.O=S(=O)(O)O. The smallest absolute Gasteiger partial charge is 0.367 e. The van der Waals surface area contributed by atoms with Gasteiger partial charge in [-0.05, 0) is 31.6 Å². The van der Waals surface area contributed by atoms with Gasteiger partial charge in [0.2, 0.25) is 0 Å². The topological polar surface area (TPSA) is 87.1 Å². The third-order valence-corrected chi connectivity index (χ3v) is 6.28. The van der Waals surface area contributed by atoms with Gasteiger partial charge in [0.15, 0.2) is 0 Å². The number of unbranched alkanes of at least 4 members (excludes halogenated alkanes) is 9. The van der Waals surface area contributed by atoms with E-state index in [9.17, 15) is 0 Å². The molecule has 2 aromatic carbocycles. The van der Waals surface area contributed by atoms with Crippen LogP contribution in [-0.2, 0) is 15.1 Å². The van der Waals surface area contributed by atoms with Gasteiger partial charge >= 0.3 is 10.4 Å². The number of ether oxygens (including phenoxy) is 1. The lowest BCUT2D eigenvalue weighted by Crippen LogP contribution is -2.33. The molecule has 1 atom stereocenters. The van der Waals surface area contributed by atoms with Gasteiger partial charge in [0.25, 0.3) is 0 Å². The second-order valence-corrected chi connectivity index (χ2v) is 10.5. The van der Waals surface area contributed by atoms with Gasteiger partial charge in [0.1, 0.15) is 6.10 Å². The van der Waals surface area contributed by atoms with E-state index in [0.717, 1.165) is 6.61 Å². The standard InChI is InChI=1S/C29H45NO.H2O4S/c1-4-5-6-7-8-9-10-11-12-19-24-28(30(2)3)25-31-29(26-20-15-13-16-21-26)27-22-17-14-18-23-27;1-5(2,3)4/h13-18,20-23,28-29H,4-12,19,24-25H2,1-3H3;(H2,1,2,3,4). The quantitative estimate of drug-likeness (QED) is 0.167. The molecule has 2 aromatic rings. The number of nitrogens with zero attached hydrogens (tertiary/aromatic N) is 1. The number of likely N-dealkylation sites (N-methyl/N-ethyl adjacent to an activating group) is 1. The second kappa shape index (κ2) is 19.4. The van der Waals surface area contributed by atoms with E-state index in [2.05, 4.69) is 86.6 Å². The fraction of sp³-hybridized carbons (Fsp3) is 0.586. The van der Waals surface area contributed by atoms with Gasteiger partial charge in [-0.15, -0.1) is 0 Å². The zero-order chi connectivity index (χ0) is 26.7. The maximum Gasteiger partial charge on any atom is 0.394 e. The Bertz CT molecular complexity index is 828. The van der Waals surface area contributed by atoms with Gasteiger partial charge in [-0.1, -0.05) is 132 Å². The van der Waals surface area contributed by atoms with Crippen molar-refractivity contribution in [2.75, 3.05) is 20.7 Å². The summed E-state index contributed by atoms with van der Waals surface area (Å²) in [6.45, 7) is 3.05. The molecule has 0 radical (unpaired) electrons. The Morgan fingerprint density at radius 1 is 0.722 bits per heavy atom. The van der Waals surface area contributed by atoms with Crippen molar-refractivity contribution in [2.24, 2.45) is 0 Å². The average molecular weight is 522 g/mol. The van der Waals surface area contributed by atoms with Gasteiger partial charge < -0.3 is 9.64 Å². The summed E-state index contributed by atoms with van der Waals surface area (Å²) < 4.78 is 38.1. The Kier molecular flexibility index (Phi) is 17.3. The molecule has 36 heavy (non-hydrogen) atoms. The molecule has 0 spiro atoms. The summed E-state index contributed by atoms with van der Waals surface area (Å²) in [6, 6.07) is 21.7. The molecule has 0 aliphatic carbocycles. The summed E-state index contributed by atoms with van der Waals surface area (Å²) in [5, 5.41) is 0. The van der Waals surface area contributed by atoms with E-state index in [1.54, 1.807) is 0 Å². The number of hydrogen-bond acceptors (Lipinski definition) is 4. The summed E-state index contributed by atoms with van der Waals surface area (Å²) >= 11 is 0. The van der Waals surface area contributed by atoms with Crippen LogP contribution in [0.2, 0.25) is 0 Å². The average Bonchev–Trinajstić information content (AvgIpc) is 2.84. The van der Waals surface area contributed by atoms with Crippen LogP contribution in [0.15, 0.2) is 60.7 Å². The van der Waals surface area contributed by atoms with E-state index in [0.29, 0.717) is 6.04 Å². The highest BCUT2D eigenvalue weighted by Crippen LogP contribution is 2.26. The largest absolute Gasteiger partial charge is 0.394 e. The van der Waals surface area contributed by atoms with Crippen LogP contribution < -0.4 is 0 Å². The molecule has 0 aliphatic rings. The number of rotatable bonds is 17. The Labute approximate surface area is 219 Å².